The normalized spacial score (nSPS) is 11.5. The van der Waals surface area contributed by atoms with Crippen LogP contribution in [0.15, 0.2) is 224 Å². The van der Waals surface area contributed by atoms with E-state index in [-0.39, 0.29) is 0 Å². The van der Waals surface area contributed by atoms with E-state index in [0.29, 0.717) is 5.82 Å². The van der Waals surface area contributed by atoms with E-state index in [1.807, 2.05) is 18.2 Å². The van der Waals surface area contributed by atoms with Crippen LogP contribution in [0.3, 0.4) is 0 Å². The number of hydrogen-bond donors (Lipinski definition) is 0. The van der Waals surface area contributed by atoms with Gasteiger partial charge in [-0.2, -0.15) is 5.10 Å². The molecule has 12 rings (SSSR count). The summed E-state index contributed by atoms with van der Waals surface area (Å²) in [4.78, 5) is 10.7. The highest BCUT2D eigenvalue weighted by atomic mass is 15.2. The molecule has 0 saturated heterocycles. The Morgan fingerprint density at radius 1 is 0.387 bits per heavy atom. The summed E-state index contributed by atoms with van der Waals surface area (Å²) in [6, 6.07) is 79.0. The molecule has 0 N–H and O–H groups in total. The monoisotopic (exact) mass is 791 g/mol. The second-order valence-corrected chi connectivity index (χ2v) is 15.6. The van der Waals surface area contributed by atoms with Crippen molar-refractivity contribution >= 4 is 38.1 Å². The zero-order valence-corrected chi connectivity index (χ0v) is 33.6. The lowest BCUT2D eigenvalue weighted by Gasteiger charge is -2.13. The second kappa shape index (κ2) is 14.7. The lowest BCUT2D eigenvalue weighted by atomic mass is 9.95. The van der Waals surface area contributed by atoms with Crippen molar-refractivity contribution in [2.75, 3.05) is 0 Å². The van der Waals surface area contributed by atoms with Crippen molar-refractivity contribution in [1.82, 2.24) is 24.1 Å². The first kappa shape index (κ1) is 35.5. The molecule has 0 saturated carbocycles. The molecule has 0 radical (unpaired) electrons. The van der Waals surface area contributed by atoms with Gasteiger partial charge in [0.05, 0.1) is 33.6 Å². The molecule has 0 bridgehead atoms. The number of benzene rings is 8. The lowest BCUT2D eigenvalue weighted by molar-refractivity contribution is 0.979. The lowest BCUT2D eigenvalue weighted by Crippen LogP contribution is -1.97. The molecule has 0 aliphatic rings. The van der Waals surface area contributed by atoms with Gasteiger partial charge in [0.25, 0.3) is 0 Å². The predicted octanol–water partition coefficient (Wildman–Crippen LogP) is 14.4. The number of fused-ring (bicyclic) bond motifs is 6. The molecular formula is C57H37N5. The fourth-order valence-corrected chi connectivity index (χ4v) is 9.15. The quantitative estimate of drug-likeness (QED) is 0.162. The van der Waals surface area contributed by atoms with Crippen LogP contribution in [0.1, 0.15) is 0 Å². The van der Waals surface area contributed by atoms with Crippen LogP contribution < -0.4 is 0 Å². The Kier molecular flexibility index (Phi) is 8.42. The Balaban J connectivity index is 1.11. The summed E-state index contributed by atoms with van der Waals surface area (Å²) in [5.74, 6) is 0.673. The van der Waals surface area contributed by atoms with Crippen molar-refractivity contribution in [3.05, 3.63) is 224 Å². The highest BCUT2D eigenvalue weighted by molar-refractivity contribution is 6.15. The maximum absolute atomic E-state index is 5.46. The Morgan fingerprint density at radius 3 is 1.74 bits per heavy atom. The summed E-state index contributed by atoms with van der Waals surface area (Å²) in [5, 5.41) is 10.1. The van der Waals surface area contributed by atoms with Gasteiger partial charge < -0.3 is 4.57 Å². The average molecular weight is 792 g/mol. The minimum atomic E-state index is 0.673. The third kappa shape index (κ3) is 5.90. The number of hydrogen-bond acceptors (Lipinski definition) is 3. The molecule has 290 valence electrons. The van der Waals surface area contributed by atoms with Gasteiger partial charge in [0.2, 0.25) is 0 Å². The van der Waals surface area contributed by atoms with Gasteiger partial charge in [-0.15, -0.1) is 0 Å². The number of pyridine rings is 1. The molecule has 0 fully saturated rings. The minimum absolute atomic E-state index is 0.673. The van der Waals surface area contributed by atoms with Gasteiger partial charge in [0.15, 0.2) is 5.82 Å². The van der Waals surface area contributed by atoms with Crippen LogP contribution >= 0.6 is 0 Å². The van der Waals surface area contributed by atoms with Crippen LogP contribution in [0.5, 0.6) is 0 Å². The first-order chi connectivity index (χ1) is 30.8. The molecule has 0 spiro atoms. The van der Waals surface area contributed by atoms with E-state index >= 15 is 0 Å². The first-order valence-electron chi connectivity index (χ1n) is 21.0. The van der Waals surface area contributed by atoms with Gasteiger partial charge in [-0.25, -0.2) is 14.5 Å². The highest BCUT2D eigenvalue weighted by Crippen LogP contribution is 2.43. The summed E-state index contributed by atoms with van der Waals surface area (Å²) in [6.07, 6.45) is 0. The zero-order chi connectivity index (χ0) is 41.0. The van der Waals surface area contributed by atoms with Gasteiger partial charge >= 0.3 is 0 Å². The Morgan fingerprint density at radius 2 is 0.968 bits per heavy atom. The topological polar surface area (TPSA) is 48.0 Å². The molecule has 12 aromatic rings. The Bertz CT molecular complexity index is 3610. The van der Waals surface area contributed by atoms with Crippen LogP contribution in [-0.2, 0) is 0 Å². The van der Waals surface area contributed by atoms with Gasteiger partial charge in [0, 0.05) is 55.2 Å². The first-order valence-corrected chi connectivity index (χ1v) is 21.0. The summed E-state index contributed by atoms with van der Waals surface area (Å²) in [7, 11) is 0. The Labute approximate surface area is 358 Å². The minimum Gasteiger partial charge on any atom is -0.309 e. The Hall–Kier alpha value is -8.41. The highest BCUT2D eigenvalue weighted by Gasteiger charge is 2.23. The van der Waals surface area contributed by atoms with Gasteiger partial charge in [-0.3, -0.25) is 0 Å². The van der Waals surface area contributed by atoms with E-state index in [2.05, 4.69) is 215 Å². The molecule has 0 unspecified atom stereocenters. The third-order valence-electron chi connectivity index (χ3n) is 11.9. The third-order valence-corrected chi connectivity index (χ3v) is 11.9. The van der Waals surface area contributed by atoms with Crippen molar-refractivity contribution in [3.8, 4) is 73.2 Å². The standard InChI is InChI=1S/C57H37N5/c1-5-19-38(20-6-1)52-36-41-25-13-14-30-45(41)56-53(55(60-62(52)56)39-21-7-2-8-22-39)43-27-17-26-42(35-43)48-37-49(59-57(58-48)40-23-9-3-10-24-40)46-32-18-34-51-54(46)47-31-15-16-33-50(47)61(51)44-28-11-4-12-29-44/h1-37H. The molecule has 0 atom stereocenters. The fraction of sp³-hybridized carbons (Fsp3) is 0. The van der Waals surface area contributed by atoms with E-state index in [4.69, 9.17) is 15.1 Å². The SMILES string of the molecule is c1ccc(-c2nc(-c3cccc(-c4c(-c5ccccc5)nn5c(-c6ccccc6)cc6ccccc6c45)c3)cc(-c3cccc4c3c3ccccc3n4-c3ccccc3)n2)cc1. The molecule has 5 heteroatoms. The number of aromatic nitrogens is 5. The zero-order valence-electron chi connectivity index (χ0n) is 33.6. The van der Waals surface area contributed by atoms with E-state index in [9.17, 15) is 0 Å². The number of rotatable bonds is 7. The maximum Gasteiger partial charge on any atom is 0.160 e. The summed E-state index contributed by atoms with van der Waals surface area (Å²) in [6.45, 7) is 0. The molecule has 0 aliphatic heterocycles. The molecule has 0 amide bonds. The largest absolute Gasteiger partial charge is 0.309 e. The molecule has 5 nitrogen and oxygen atoms in total. The van der Waals surface area contributed by atoms with Crippen LogP contribution in [0.25, 0.3) is 111 Å². The van der Waals surface area contributed by atoms with E-state index < -0.39 is 0 Å². The average Bonchev–Trinajstić information content (AvgIpc) is 3.92. The van der Waals surface area contributed by atoms with Gasteiger partial charge in [0.1, 0.15) is 5.69 Å². The summed E-state index contributed by atoms with van der Waals surface area (Å²) < 4.78 is 4.50. The smallest absolute Gasteiger partial charge is 0.160 e. The van der Waals surface area contributed by atoms with E-state index in [1.54, 1.807) is 0 Å². The molecule has 4 heterocycles. The van der Waals surface area contributed by atoms with Crippen molar-refractivity contribution < 1.29 is 0 Å². The molecule has 62 heavy (non-hydrogen) atoms. The van der Waals surface area contributed by atoms with Crippen molar-refractivity contribution in [2.24, 2.45) is 0 Å². The second-order valence-electron chi connectivity index (χ2n) is 15.6. The number of para-hydroxylation sites is 2. The van der Waals surface area contributed by atoms with E-state index in [1.165, 1.54) is 5.39 Å². The van der Waals surface area contributed by atoms with Crippen molar-refractivity contribution in [1.29, 1.82) is 0 Å². The predicted molar refractivity (Wildman–Crippen MR) is 255 cm³/mol. The maximum atomic E-state index is 5.46. The van der Waals surface area contributed by atoms with E-state index in [0.717, 1.165) is 100 Å². The van der Waals surface area contributed by atoms with Crippen molar-refractivity contribution in [2.45, 2.75) is 0 Å². The summed E-state index contributed by atoms with van der Waals surface area (Å²) in [5.41, 5.74) is 15.4. The number of nitrogens with zero attached hydrogens (tertiary/aromatic N) is 5. The molecule has 8 aromatic carbocycles. The van der Waals surface area contributed by atoms with Crippen molar-refractivity contribution in [3.63, 3.8) is 0 Å². The van der Waals surface area contributed by atoms with Gasteiger partial charge in [-0.05, 0) is 53.4 Å². The fourth-order valence-electron chi connectivity index (χ4n) is 9.15. The van der Waals surface area contributed by atoms with Crippen LogP contribution in [0.4, 0.5) is 0 Å². The van der Waals surface area contributed by atoms with Gasteiger partial charge in [-0.1, -0.05) is 182 Å². The van der Waals surface area contributed by atoms with Crippen LogP contribution in [0.2, 0.25) is 0 Å². The summed E-state index contributed by atoms with van der Waals surface area (Å²) >= 11 is 0. The molecule has 4 aromatic heterocycles. The van der Waals surface area contributed by atoms with Crippen LogP contribution in [0, 0.1) is 0 Å². The molecular weight excluding hydrogens is 755 g/mol. The van der Waals surface area contributed by atoms with Crippen LogP contribution in [-0.4, -0.2) is 24.1 Å². The molecule has 0 aliphatic carbocycles.